The standard InChI is InChI=1S/C13H16N2O/c1-13(6-7-14)9-15(2)12-5-4-10(16-3)8-11(12)13/h4-5,8H,6,9H2,1-3H3/t13-/m1/s1. The molecular weight excluding hydrogens is 200 g/mol. The maximum Gasteiger partial charge on any atom is 0.119 e. The van der Waals surface area contributed by atoms with Crippen molar-refractivity contribution in [2.45, 2.75) is 18.8 Å². The Balaban J connectivity index is 2.50. The maximum absolute atomic E-state index is 8.93. The third-order valence-corrected chi connectivity index (χ3v) is 3.32. The molecule has 0 spiro atoms. The number of likely N-dealkylation sites (N-methyl/N-ethyl adjacent to an activating group) is 1. The van der Waals surface area contributed by atoms with E-state index in [0.29, 0.717) is 6.42 Å². The molecule has 84 valence electrons. The van der Waals surface area contributed by atoms with Crippen molar-refractivity contribution in [1.29, 1.82) is 5.26 Å². The third-order valence-electron chi connectivity index (χ3n) is 3.32. The van der Waals surface area contributed by atoms with Crippen molar-refractivity contribution in [2.24, 2.45) is 0 Å². The van der Waals surface area contributed by atoms with Gasteiger partial charge in [-0.3, -0.25) is 0 Å². The number of benzene rings is 1. The average molecular weight is 216 g/mol. The molecular formula is C13H16N2O. The molecule has 0 aliphatic carbocycles. The maximum atomic E-state index is 8.93. The summed E-state index contributed by atoms with van der Waals surface area (Å²) in [5, 5.41) is 8.93. The Labute approximate surface area is 96.2 Å². The first-order valence-electron chi connectivity index (χ1n) is 5.37. The lowest BCUT2D eigenvalue weighted by Gasteiger charge is -2.21. The molecule has 16 heavy (non-hydrogen) atoms. The summed E-state index contributed by atoms with van der Waals surface area (Å²) in [4.78, 5) is 2.20. The highest BCUT2D eigenvalue weighted by Crippen LogP contribution is 2.43. The predicted octanol–water partition coefficient (Wildman–Crippen LogP) is 2.32. The summed E-state index contributed by atoms with van der Waals surface area (Å²) in [6.07, 6.45) is 0.539. The van der Waals surface area contributed by atoms with Gasteiger partial charge in [-0.25, -0.2) is 0 Å². The van der Waals surface area contributed by atoms with Gasteiger partial charge in [-0.2, -0.15) is 5.26 Å². The van der Waals surface area contributed by atoms with Gasteiger partial charge >= 0.3 is 0 Å². The zero-order chi connectivity index (χ0) is 11.8. The summed E-state index contributed by atoms with van der Waals surface area (Å²) >= 11 is 0. The fourth-order valence-electron chi connectivity index (χ4n) is 2.48. The van der Waals surface area contributed by atoms with Gasteiger partial charge in [0.2, 0.25) is 0 Å². The van der Waals surface area contributed by atoms with Crippen molar-refractivity contribution < 1.29 is 4.74 Å². The number of hydrogen-bond acceptors (Lipinski definition) is 3. The molecule has 0 radical (unpaired) electrons. The lowest BCUT2D eigenvalue weighted by Crippen LogP contribution is -2.28. The normalized spacial score (nSPS) is 22.8. The quantitative estimate of drug-likeness (QED) is 0.761. The van der Waals surface area contributed by atoms with E-state index in [1.165, 1.54) is 11.3 Å². The molecule has 0 amide bonds. The highest BCUT2D eigenvalue weighted by atomic mass is 16.5. The second-order valence-corrected chi connectivity index (χ2v) is 4.63. The molecule has 0 N–H and O–H groups in total. The first-order chi connectivity index (χ1) is 7.60. The lowest BCUT2D eigenvalue weighted by molar-refractivity contribution is 0.412. The zero-order valence-electron chi connectivity index (χ0n) is 9.95. The Kier molecular flexibility index (Phi) is 2.51. The van der Waals surface area contributed by atoms with Crippen molar-refractivity contribution in [3.63, 3.8) is 0 Å². The van der Waals surface area contributed by atoms with Crippen LogP contribution < -0.4 is 9.64 Å². The lowest BCUT2D eigenvalue weighted by atomic mass is 9.82. The molecule has 3 heteroatoms. The highest BCUT2D eigenvalue weighted by molar-refractivity contribution is 5.64. The summed E-state index contributed by atoms with van der Waals surface area (Å²) in [6, 6.07) is 8.37. The van der Waals surface area contributed by atoms with E-state index in [0.717, 1.165) is 12.3 Å². The van der Waals surface area contributed by atoms with Gasteiger partial charge in [-0.15, -0.1) is 0 Å². The van der Waals surface area contributed by atoms with Crippen LogP contribution in [0.25, 0.3) is 0 Å². The summed E-state index contributed by atoms with van der Waals surface area (Å²) in [6.45, 7) is 3.03. The van der Waals surface area contributed by atoms with Gasteiger partial charge in [0.1, 0.15) is 5.75 Å². The van der Waals surface area contributed by atoms with Crippen LogP contribution in [0.3, 0.4) is 0 Å². The number of methoxy groups -OCH3 is 1. The van der Waals surface area contributed by atoms with Crippen LogP contribution >= 0.6 is 0 Å². The fraction of sp³-hybridized carbons (Fsp3) is 0.462. The number of ether oxygens (including phenoxy) is 1. The third kappa shape index (κ3) is 1.51. The fourth-order valence-corrected chi connectivity index (χ4v) is 2.48. The van der Waals surface area contributed by atoms with Crippen LogP contribution in [0.1, 0.15) is 18.9 Å². The predicted molar refractivity (Wildman–Crippen MR) is 63.8 cm³/mol. The molecule has 0 saturated carbocycles. The van der Waals surface area contributed by atoms with Crippen LogP contribution in [0, 0.1) is 11.3 Å². The molecule has 0 bridgehead atoms. The van der Waals surface area contributed by atoms with E-state index >= 15 is 0 Å². The first kappa shape index (κ1) is 10.8. The van der Waals surface area contributed by atoms with Crippen LogP contribution in [-0.2, 0) is 5.41 Å². The molecule has 1 aromatic carbocycles. The Morgan fingerprint density at radius 3 is 2.94 bits per heavy atom. The highest BCUT2D eigenvalue weighted by Gasteiger charge is 2.37. The van der Waals surface area contributed by atoms with Crippen LogP contribution in [0.15, 0.2) is 18.2 Å². The van der Waals surface area contributed by atoms with Crippen molar-refractivity contribution in [1.82, 2.24) is 0 Å². The van der Waals surface area contributed by atoms with Gasteiger partial charge in [0.25, 0.3) is 0 Å². The minimum atomic E-state index is -0.0760. The molecule has 1 aliphatic heterocycles. The monoisotopic (exact) mass is 216 g/mol. The summed E-state index contributed by atoms with van der Waals surface area (Å²) in [7, 11) is 3.73. The summed E-state index contributed by atoms with van der Waals surface area (Å²) < 4.78 is 5.24. The number of nitrogens with zero attached hydrogens (tertiary/aromatic N) is 2. The minimum Gasteiger partial charge on any atom is -0.497 e. The molecule has 3 nitrogen and oxygen atoms in total. The van der Waals surface area contributed by atoms with E-state index in [-0.39, 0.29) is 5.41 Å². The van der Waals surface area contributed by atoms with Gasteiger partial charge in [0.05, 0.1) is 13.2 Å². The molecule has 1 aliphatic rings. The van der Waals surface area contributed by atoms with Gasteiger partial charge in [0, 0.05) is 31.1 Å². The van der Waals surface area contributed by atoms with Crippen LogP contribution in [0.5, 0.6) is 5.75 Å². The van der Waals surface area contributed by atoms with Crippen LogP contribution in [0.4, 0.5) is 5.69 Å². The SMILES string of the molecule is COc1ccc2c(c1)[C@](C)(CC#N)CN2C. The topological polar surface area (TPSA) is 36.3 Å². The number of nitriles is 1. The van der Waals surface area contributed by atoms with E-state index in [1.807, 2.05) is 6.07 Å². The Hall–Kier alpha value is -1.69. The van der Waals surface area contributed by atoms with Crippen molar-refractivity contribution in [3.05, 3.63) is 23.8 Å². The van der Waals surface area contributed by atoms with Gasteiger partial charge < -0.3 is 9.64 Å². The number of rotatable bonds is 2. The molecule has 0 unspecified atom stereocenters. The largest absolute Gasteiger partial charge is 0.497 e. The molecule has 0 aromatic heterocycles. The smallest absolute Gasteiger partial charge is 0.119 e. The molecule has 1 atom stereocenters. The minimum absolute atomic E-state index is 0.0760. The van der Waals surface area contributed by atoms with E-state index in [4.69, 9.17) is 10.00 Å². The zero-order valence-corrected chi connectivity index (χ0v) is 9.95. The Morgan fingerprint density at radius 1 is 1.56 bits per heavy atom. The second-order valence-electron chi connectivity index (χ2n) is 4.63. The van der Waals surface area contributed by atoms with Crippen molar-refractivity contribution in [2.75, 3.05) is 25.6 Å². The molecule has 0 saturated heterocycles. The average Bonchev–Trinajstić information content (AvgIpc) is 2.51. The number of hydrogen-bond donors (Lipinski definition) is 0. The first-order valence-corrected chi connectivity index (χ1v) is 5.37. The second kappa shape index (κ2) is 3.71. The number of anilines is 1. The van der Waals surface area contributed by atoms with Crippen LogP contribution in [-0.4, -0.2) is 20.7 Å². The molecule has 2 rings (SSSR count). The van der Waals surface area contributed by atoms with E-state index in [1.54, 1.807) is 7.11 Å². The summed E-state index contributed by atoms with van der Waals surface area (Å²) in [5.74, 6) is 0.859. The van der Waals surface area contributed by atoms with Crippen LogP contribution in [0.2, 0.25) is 0 Å². The van der Waals surface area contributed by atoms with E-state index < -0.39 is 0 Å². The van der Waals surface area contributed by atoms with E-state index in [9.17, 15) is 0 Å². The number of fused-ring (bicyclic) bond motifs is 1. The van der Waals surface area contributed by atoms with E-state index in [2.05, 4.69) is 37.1 Å². The Bertz CT molecular complexity index is 450. The molecule has 1 heterocycles. The molecule has 1 aromatic rings. The van der Waals surface area contributed by atoms with Gasteiger partial charge in [-0.1, -0.05) is 6.92 Å². The molecule has 0 fully saturated rings. The van der Waals surface area contributed by atoms with Crippen molar-refractivity contribution in [3.8, 4) is 11.8 Å². The Morgan fingerprint density at radius 2 is 2.31 bits per heavy atom. The van der Waals surface area contributed by atoms with Gasteiger partial charge in [-0.05, 0) is 23.8 Å². The van der Waals surface area contributed by atoms with Crippen molar-refractivity contribution >= 4 is 5.69 Å². The summed E-state index contributed by atoms with van der Waals surface area (Å²) in [5.41, 5.74) is 2.35. The van der Waals surface area contributed by atoms with Gasteiger partial charge in [0.15, 0.2) is 0 Å².